The second kappa shape index (κ2) is 6.49. The fourth-order valence-corrected chi connectivity index (χ4v) is 3.52. The van der Waals surface area contributed by atoms with Crippen molar-refractivity contribution in [2.75, 3.05) is 31.5 Å². The third kappa shape index (κ3) is 3.35. The predicted molar refractivity (Wildman–Crippen MR) is 90.8 cm³/mol. The van der Waals surface area contributed by atoms with Crippen LogP contribution in [-0.4, -0.2) is 42.9 Å². The van der Waals surface area contributed by atoms with Crippen LogP contribution >= 0.6 is 12.4 Å². The van der Waals surface area contributed by atoms with Crippen molar-refractivity contribution in [3.63, 3.8) is 0 Å². The molecule has 1 aromatic rings. The zero-order valence-corrected chi connectivity index (χ0v) is 13.8. The lowest BCUT2D eigenvalue weighted by atomic mass is 10.0. The van der Waals surface area contributed by atoms with E-state index in [0.717, 1.165) is 44.7 Å². The topological polar surface area (TPSA) is 61.4 Å². The minimum atomic E-state index is 0. The third-order valence-electron chi connectivity index (χ3n) is 5.00. The fraction of sp³-hybridized carbons (Fsp3) is 0.529. The first kappa shape index (κ1) is 16.3. The van der Waals surface area contributed by atoms with E-state index in [0.29, 0.717) is 17.4 Å². The molecule has 2 amide bonds. The van der Waals surface area contributed by atoms with Gasteiger partial charge in [-0.1, -0.05) is 6.07 Å². The molecule has 2 aliphatic heterocycles. The maximum atomic E-state index is 12.7. The van der Waals surface area contributed by atoms with Crippen LogP contribution in [0.3, 0.4) is 0 Å². The number of hydrogen-bond donors (Lipinski definition) is 2. The molecule has 124 valence electrons. The van der Waals surface area contributed by atoms with E-state index in [9.17, 15) is 9.59 Å². The van der Waals surface area contributed by atoms with Crippen LogP contribution in [0.5, 0.6) is 0 Å². The lowest BCUT2D eigenvalue weighted by molar-refractivity contribution is -0.117. The first-order valence-electron chi connectivity index (χ1n) is 8.11. The maximum Gasteiger partial charge on any atom is 0.253 e. The van der Waals surface area contributed by atoms with Crippen LogP contribution in [0.2, 0.25) is 0 Å². The minimum Gasteiger partial charge on any atom is -0.338 e. The van der Waals surface area contributed by atoms with Gasteiger partial charge >= 0.3 is 0 Å². The van der Waals surface area contributed by atoms with Gasteiger partial charge in [0.15, 0.2) is 0 Å². The van der Waals surface area contributed by atoms with Gasteiger partial charge in [-0.3, -0.25) is 9.59 Å². The van der Waals surface area contributed by atoms with Crippen LogP contribution in [0.4, 0.5) is 5.69 Å². The molecule has 23 heavy (non-hydrogen) atoms. The lowest BCUT2D eigenvalue weighted by Crippen LogP contribution is -2.31. The summed E-state index contributed by atoms with van der Waals surface area (Å²) in [4.78, 5) is 26.4. The highest BCUT2D eigenvalue weighted by molar-refractivity contribution is 5.98. The van der Waals surface area contributed by atoms with Gasteiger partial charge in [-0.15, -0.1) is 12.4 Å². The summed E-state index contributed by atoms with van der Waals surface area (Å²) in [6, 6.07) is 7.32. The Balaban J connectivity index is 0.00000156. The van der Waals surface area contributed by atoms with E-state index in [1.165, 1.54) is 0 Å². The fourth-order valence-electron chi connectivity index (χ4n) is 3.52. The number of rotatable bonds is 3. The molecule has 0 bridgehead atoms. The Labute approximate surface area is 142 Å². The molecule has 0 radical (unpaired) electrons. The average molecular weight is 336 g/mol. The first-order chi connectivity index (χ1) is 10.7. The Morgan fingerprint density at radius 2 is 1.83 bits per heavy atom. The maximum absolute atomic E-state index is 12.7. The molecule has 6 heteroatoms. The molecule has 1 aromatic carbocycles. The summed E-state index contributed by atoms with van der Waals surface area (Å²) >= 11 is 0. The highest BCUT2D eigenvalue weighted by Gasteiger charge is 2.38. The summed E-state index contributed by atoms with van der Waals surface area (Å²) in [6.07, 6.45) is 1.96. The Bertz CT molecular complexity index is 606. The third-order valence-corrected chi connectivity index (χ3v) is 5.00. The molecule has 1 aliphatic carbocycles. The van der Waals surface area contributed by atoms with Crippen LogP contribution in [-0.2, 0) is 4.79 Å². The monoisotopic (exact) mass is 335 g/mol. The highest BCUT2D eigenvalue weighted by Crippen LogP contribution is 2.31. The number of carbonyl (C=O) groups is 2. The minimum absolute atomic E-state index is 0. The largest absolute Gasteiger partial charge is 0.338 e. The van der Waals surface area contributed by atoms with Crippen molar-refractivity contribution in [2.24, 2.45) is 17.8 Å². The van der Waals surface area contributed by atoms with Gasteiger partial charge in [0.05, 0.1) is 0 Å². The van der Waals surface area contributed by atoms with E-state index in [2.05, 4.69) is 10.6 Å². The molecule has 1 saturated carbocycles. The van der Waals surface area contributed by atoms with E-state index in [1.54, 1.807) is 6.07 Å². The van der Waals surface area contributed by atoms with Gasteiger partial charge in [-0.05, 0) is 42.9 Å². The number of fused-ring (bicyclic) bond motifs is 1. The quantitative estimate of drug-likeness (QED) is 0.884. The smallest absolute Gasteiger partial charge is 0.253 e. The summed E-state index contributed by atoms with van der Waals surface area (Å²) in [5.41, 5.74) is 1.39. The molecule has 5 nitrogen and oxygen atoms in total. The van der Waals surface area contributed by atoms with Crippen LogP contribution in [0.15, 0.2) is 24.3 Å². The van der Waals surface area contributed by atoms with Crippen molar-refractivity contribution < 1.29 is 9.59 Å². The summed E-state index contributed by atoms with van der Waals surface area (Å²) < 4.78 is 0. The normalized spacial score (nSPS) is 25.7. The molecule has 3 fully saturated rings. The summed E-state index contributed by atoms with van der Waals surface area (Å²) in [7, 11) is 0. The van der Waals surface area contributed by atoms with Crippen molar-refractivity contribution in [3.8, 4) is 0 Å². The van der Waals surface area contributed by atoms with Gasteiger partial charge in [0, 0.05) is 43.3 Å². The number of amides is 2. The van der Waals surface area contributed by atoms with Crippen LogP contribution in [0.25, 0.3) is 0 Å². The van der Waals surface area contributed by atoms with E-state index < -0.39 is 0 Å². The van der Waals surface area contributed by atoms with Gasteiger partial charge in [-0.2, -0.15) is 0 Å². The van der Waals surface area contributed by atoms with Gasteiger partial charge in [0.2, 0.25) is 5.91 Å². The standard InChI is InChI=1S/C17H21N3O2.ClH/c21-16(11-4-5-11)19-15-3-1-2-12(6-15)17(22)20-9-13-7-18-8-14(13)10-20;/h1-3,6,11,13-14,18H,4-5,7-10H2,(H,19,21);1H/t13-,14+;. The summed E-state index contributed by atoms with van der Waals surface area (Å²) in [5.74, 6) is 1.52. The Morgan fingerprint density at radius 1 is 1.13 bits per heavy atom. The number of hydrogen-bond acceptors (Lipinski definition) is 3. The molecule has 2 N–H and O–H groups in total. The molecule has 3 aliphatic rings. The number of nitrogens with zero attached hydrogens (tertiary/aromatic N) is 1. The summed E-state index contributed by atoms with van der Waals surface area (Å²) in [6.45, 7) is 3.72. The Kier molecular flexibility index (Phi) is 4.60. The zero-order valence-electron chi connectivity index (χ0n) is 13.0. The van der Waals surface area contributed by atoms with E-state index in [4.69, 9.17) is 0 Å². The molecule has 0 spiro atoms. The number of nitrogens with one attached hydrogen (secondary N) is 2. The van der Waals surface area contributed by atoms with Crippen molar-refractivity contribution in [2.45, 2.75) is 12.8 Å². The molecule has 2 heterocycles. The lowest BCUT2D eigenvalue weighted by Gasteiger charge is -2.18. The number of likely N-dealkylation sites (tertiary alicyclic amines) is 1. The second-order valence-corrected chi connectivity index (χ2v) is 6.73. The molecule has 4 rings (SSSR count). The molecule has 2 atom stereocenters. The van der Waals surface area contributed by atoms with Crippen LogP contribution in [0.1, 0.15) is 23.2 Å². The van der Waals surface area contributed by atoms with Crippen molar-refractivity contribution >= 4 is 29.9 Å². The summed E-state index contributed by atoms with van der Waals surface area (Å²) in [5, 5.41) is 6.30. The SMILES string of the molecule is Cl.O=C(Nc1cccc(C(=O)N2C[C@H]3CNC[C@H]3C2)c1)C1CC1. The Morgan fingerprint density at radius 3 is 2.48 bits per heavy atom. The highest BCUT2D eigenvalue weighted by atomic mass is 35.5. The van der Waals surface area contributed by atoms with E-state index >= 15 is 0 Å². The zero-order chi connectivity index (χ0) is 15.1. The molecule has 2 saturated heterocycles. The molecular weight excluding hydrogens is 314 g/mol. The number of benzene rings is 1. The number of carbonyl (C=O) groups excluding carboxylic acids is 2. The van der Waals surface area contributed by atoms with Crippen molar-refractivity contribution in [1.29, 1.82) is 0 Å². The molecular formula is C17H22ClN3O2. The molecule has 0 unspecified atom stereocenters. The van der Waals surface area contributed by atoms with Crippen molar-refractivity contribution in [1.82, 2.24) is 10.2 Å². The van der Waals surface area contributed by atoms with Crippen molar-refractivity contribution in [3.05, 3.63) is 29.8 Å². The predicted octanol–water partition coefficient (Wildman–Crippen LogP) is 1.75. The number of halogens is 1. The van der Waals surface area contributed by atoms with Crippen LogP contribution < -0.4 is 10.6 Å². The van der Waals surface area contributed by atoms with E-state index in [-0.39, 0.29) is 30.1 Å². The van der Waals surface area contributed by atoms with Gasteiger partial charge < -0.3 is 15.5 Å². The van der Waals surface area contributed by atoms with Gasteiger partial charge in [0.25, 0.3) is 5.91 Å². The Hall–Kier alpha value is -1.59. The van der Waals surface area contributed by atoms with Gasteiger partial charge in [0.1, 0.15) is 0 Å². The molecule has 0 aromatic heterocycles. The van der Waals surface area contributed by atoms with Crippen LogP contribution in [0, 0.1) is 17.8 Å². The van der Waals surface area contributed by atoms with Gasteiger partial charge in [-0.25, -0.2) is 0 Å². The first-order valence-corrected chi connectivity index (χ1v) is 8.11. The van der Waals surface area contributed by atoms with E-state index in [1.807, 2.05) is 23.1 Å². The average Bonchev–Trinajstić information content (AvgIpc) is 3.15. The second-order valence-electron chi connectivity index (χ2n) is 6.73. The number of anilines is 1.